The maximum Gasteiger partial charge on any atom is 0.0600 e. The van der Waals surface area contributed by atoms with Gasteiger partial charge in [0.1, 0.15) is 0 Å². The van der Waals surface area contributed by atoms with Crippen molar-refractivity contribution >= 4 is 0 Å². The van der Waals surface area contributed by atoms with Gasteiger partial charge in [-0.15, -0.1) is 0 Å². The first kappa shape index (κ1) is 7.03. The number of aliphatic hydroxyl groups excluding tert-OH is 1. The fraction of sp³-hybridized carbons (Fsp3) is 1.00. The lowest BCUT2D eigenvalue weighted by Crippen LogP contribution is -2.13. The molecule has 1 rings (SSSR count). The molecule has 0 radical (unpaired) electrons. The van der Waals surface area contributed by atoms with E-state index in [1.165, 1.54) is 0 Å². The number of hydrogen-bond acceptors (Lipinski definition) is 2. The summed E-state index contributed by atoms with van der Waals surface area (Å²) >= 11 is 0. The lowest BCUT2D eigenvalue weighted by molar-refractivity contribution is 0.0606. The van der Waals surface area contributed by atoms with Gasteiger partial charge in [0, 0.05) is 6.61 Å². The van der Waals surface area contributed by atoms with E-state index in [0.717, 1.165) is 25.9 Å². The van der Waals surface area contributed by atoms with Gasteiger partial charge in [0.2, 0.25) is 0 Å². The Kier molecular flexibility index (Phi) is 2.49. The predicted octanol–water partition coefficient (Wildman–Crippen LogP) is 0.936. The Bertz CT molecular complexity index is 75.0. The summed E-state index contributed by atoms with van der Waals surface area (Å²) in [6, 6.07) is 0. The van der Waals surface area contributed by atoms with Crippen LogP contribution in [0.5, 0.6) is 0 Å². The van der Waals surface area contributed by atoms with E-state index in [1.54, 1.807) is 0 Å². The molecule has 1 unspecified atom stereocenters. The van der Waals surface area contributed by atoms with Gasteiger partial charge < -0.3 is 9.84 Å². The van der Waals surface area contributed by atoms with E-state index in [9.17, 15) is 0 Å². The zero-order valence-corrected chi connectivity index (χ0v) is 5.84. The van der Waals surface area contributed by atoms with Crippen LogP contribution in [0.25, 0.3) is 0 Å². The van der Waals surface area contributed by atoms with Gasteiger partial charge in [-0.1, -0.05) is 0 Å². The van der Waals surface area contributed by atoms with Crippen LogP contribution >= 0.6 is 0 Å². The molecule has 1 aliphatic heterocycles. The van der Waals surface area contributed by atoms with Crippen molar-refractivity contribution in [1.29, 1.82) is 0 Å². The summed E-state index contributed by atoms with van der Waals surface area (Å²) in [5.74, 6) is 0. The van der Waals surface area contributed by atoms with E-state index in [0.29, 0.717) is 6.10 Å². The van der Waals surface area contributed by atoms with Crippen molar-refractivity contribution in [3.8, 4) is 0 Å². The minimum atomic E-state index is -0.201. The minimum absolute atomic E-state index is 0.201. The van der Waals surface area contributed by atoms with Crippen molar-refractivity contribution in [2.45, 2.75) is 38.4 Å². The summed E-state index contributed by atoms with van der Waals surface area (Å²) in [6.45, 7) is 2.69. The van der Waals surface area contributed by atoms with Gasteiger partial charge in [0.05, 0.1) is 12.2 Å². The van der Waals surface area contributed by atoms with Crippen molar-refractivity contribution in [3.05, 3.63) is 0 Å². The predicted molar refractivity (Wildman–Crippen MR) is 35.3 cm³/mol. The topological polar surface area (TPSA) is 29.5 Å². The maximum absolute atomic E-state index is 8.93. The van der Waals surface area contributed by atoms with Crippen LogP contribution in [0.3, 0.4) is 0 Å². The Morgan fingerprint density at radius 3 is 3.00 bits per heavy atom. The molecule has 1 saturated heterocycles. The van der Waals surface area contributed by atoms with Crippen molar-refractivity contribution in [2.75, 3.05) is 6.61 Å². The summed E-state index contributed by atoms with van der Waals surface area (Å²) in [6.07, 6.45) is 3.24. The molecule has 0 saturated carbocycles. The number of rotatable bonds is 2. The first-order valence-electron chi connectivity index (χ1n) is 3.58. The summed E-state index contributed by atoms with van der Waals surface area (Å²) in [7, 11) is 0. The smallest absolute Gasteiger partial charge is 0.0600 e. The summed E-state index contributed by atoms with van der Waals surface area (Å²) in [4.78, 5) is 0. The summed E-state index contributed by atoms with van der Waals surface area (Å²) in [5, 5.41) is 8.93. The zero-order valence-electron chi connectivity index (χ0n) is 5.84. The van der Waals surface area contributed by atoms with Crippen LogP contribution in [-0.4, -0.2) is 23.9 Å². The highest BCUT2D eigenvalue weighted by Crippen LogP contribution is 2.16. The number of ether oxygens (including phenoxy) is 1. The van der Waals surface area contributed by atoms with Gasteiger partial charge in [-0.05, 0) is 26.2 Å². The third-order valence-electron chi connectivity index (χ3n) is 1.63. The third-order valence-corrected chi connectivity index (χ3v) is 1.63. The van der Waals surface area contributed by atoms with Crippen molar-refractivity contribution in [2.24, 2.45) is 0 Å². The molecule has 54 valence electrons. The second-order valence-corrected chi connectivity index (χ2v) is 2.72. The quantitative estimate of drug-likeness (QED) is 0.602. The van der Waals surface area contributed by atoms with E-state index in [4.69, 9.17) is 9.84 Å². The van der Waals surface area contributed by atoms with Gasteiger partial charge in [0.15, 0.2) is 0 Å². The SMILES string of the molecule is C[C@H](O)CC1CCCO1. The van der Waals surface area contributed by atoms with E-state index < -0.39 is 0 Å². The van der Waals surface area contributed by atoms with Crippen LogP contribution in [0.2, 0.25) is 0 Å². The molecule has 1 fully saturated rings. The molecule has 2 heteroatoms. The van der Waals surface area contributed by atoms with Gasteiger partial charge in [-0.25, -0.2) is 0 Å². The molecule has 0 spiro atoms. The molecule has 1 N–H and O–H groups in total. The molecule has 1 aliphatic rings. The van der Waals surface area contributed by atoms with Crippen LogP contribution in [0.1, 0.15) is 26.2 Å². The first-order valence-corrected chi connectivity index (χ1v) is 3.58. The van der Waals surface area contributed by atoms with Crippen molar-refractivity contribution in [3.63, 3.8) is 0 Å². The van der Waals surface area contributed by atoms with E-state index in [2.05, 4.69) is 0 Å². The molecule has 0 aromatic carbocycles. The average molecular weight is 130 g/mol. The Labute approximate surface area is 55.8 Å². The summed E-state index contributed by atoms with van der Waals surface area (Å²) in [5.41, 5.74) is 0. The highest BCUT2D eigenvalue weighted by Gasteiger charge is 2.16. The molecule has 2 nitrogen and oxygen atoms in total. The zero-order chi connectivity index (χ0) is 6.69. The minimum Gasteiger partial charge on any atom is -0.393 e. The van der Waals surface area contributed by atoms with Crippen LogP contribution in [-0.2, 0) is 4.74 Å². The van der Waals surface area contributed by atoms with Gasteiger partial charge >= 0.3 is 0 Å². The second kappa shape index (κ2) is 3.18. The fourth-order valence-electron chi connectivity index (χ4n) is 1.21. The lowest BCUT2D eigenvalue weighted by atomic mass is 10.1. The van der Waals surface area contributed by atoms with E-state index in [-0.39, 0.29) is 6.10 Å². The molecular weight excluding hydrogens is 116 g/mol. The highest BCUT2D eigenvalue weighted by atomic mass is 16.5. The number of hydrogen-bond donors (Lipinski definition) is 1. The average Bonchev–Trinajstić information content (AvgIpc) is 2.15. The Morgan fingerprint density at radius 1 is 1.78 bits per heavy atom. The molecule has 2 atom stereocenters. The molecule has 0 aromatic rings. The molecule has 0 amide bonds. The van der Waals surface area contributed by atoms with Crippen molar-refractivity contribution < 1.29 is 9.84 Å². The second-order valence-electron chi connectivity index (χ2n) is 2.72. The largest absolute Gasteiger partial charge is 0.393 e. The molecular formula is C7H14O2. The normalized spacial score (nSPS) is 30.7. The van der Waals surface area contributed by atoms with Gasteiger partial charge in [-0.2, -0.15) is 0 Å². The van der Waals surface area contributed by atoms with Crippen LogP contribution in [0.4, 0.5) is 0 Å². The molecule has 0 bridgehead atoms. The highest BCUT2D eigenvalue weighted by molar-refractivity contribution is 4.66. The lowest BCUT2D eigenvalue weighted by Gasteiger charge is -2.09. The Morgan fingerprint density at radius 2 is 2.56 bits per heavy atom. The first-order chi connectivity index (χ1) is 4.29. The third kappa shape index (κ3) is 2.33. The molecule has 0 aromatic heterocycles. The van der Waals surface area contributed by atoms with Crippen LogP contribution in [0, 0.1) is 0 Å². The van der Waals surface area contributed by atoms with Crippen LogP contribution in [0.15, 0.2) is 0 Å². The molecule has 1 heterocycles. The Balaban J connectivity index is 2.11. The number of aliphatic hydroxyl groups is 1. The van der Waals surface area contributed by atoms with Crippen molar-refractivity contribution in [1.82, 2.24) is 0 Å². The fourth-order valence-corrected chi connectivity index (χ4v) is 1.21. The van der Waals surface area contributed by atoms with E-state index in [1.807, 2.05) is 6.92 Å². The molecule has 0 aliphatic carbocycles. The van der Waals surface area contributed by atoms with E-state index >= 15 is 0 Å². The molecule has 9 heavy (non-hydrogen) atoms. The summed E-state index contributed by atoms with van der Waals surface area (Å²) < 4.78 is 5.30. The van der Waals surface area contributed by atoms with Crippen LogP contribution < -0.4 is 0 Å². The van der Waals surface area contributed by atoms with Gasteiger partial charge in [0.25, 0.3) is 0 Å². The monoisotopic (exact) mass is 130 g/mol. The maximum atomic E-state index is 8.93. The Hall–Kier alpha value is -0.0800. The standard InChI is InChI=1S/C7H14O2/c1-6(8)5-7-3-2-4-9-7/h6-8H,2-5H2,1H3/t6-,7?/m0/s1. The van der Waals surface area contributed by atoms with Gasteiger partial charge in [-0.3, -0.25) is 0 Å².